The smallest absolute Gasteiger partial charge is 0.334 e. The Hall–Kier alpha value is 0.0569. The molecular weight excluding hydrogens is 296 g/mol. The molecule has 0 amide bonds. The van der Waals surface area contributed by atoms with E-state index in [9.17, 15) is 0 Å². The molecule has 0 aromatic carbocycles. The number of ether oxygens (including phenoxy) is 2. The van der Waals surface area contributed by atoms with Crippen molar-refractivity contribution in [2.45, 2.75) is 77.5 Å². The van der Waals surface area contributed by atoms with E-state index in [2.05, 4.69) is 20.4 Å². The summed E-state index contributed by atoms with van der Waals surface area (Å²) in [5.41, 5.74) is 0. The predicted molar refractivity (Wildman–Crippen MR) is 92.6 cm³/mol. The van der Waals surface area contributed by atoms with Crippen LogP contribution in [0.5, 0.6) is 0 Å². The summed E-state index contributed by atoms with van der Waals surface area (Å²) in [5, 5.41) is 0. The lowest BCUT2D eigenvalue weighted by molar-refractivity contribution is 0.113. The topological polar surface area (TPSA) is 40.2 Å². The standard InChI is InChI=1S/C17H36O4Si/c1-4-20-22(3,21-5-2)14-12-10-8-6-7-9-11-13-18-15-17-16-19-17/h17H,4-16H2,1-3H3. The Balaban J connectivity index is 1.83. The Kier molecular flexibility index (Phi) is 11.4. The molecule has 0 saturated carbocycles. The zero-order valence-electron chi connectivity index (χ0n) is 14.9. The highest BCUT2D eigenvalue weighted by Gasteiger charge is 2.29. The van der Waals surface area contributed by atoms with Gasteiger partial charge in [-0.3, -0.25) is 0 Å². The maximum Gasteiger partial charge on any atom is 0.334 e. The first-order valence-electron chi connectivity index (χ1n) is 9.17. The van der Waals surface area contributed by atoms with Crippen LogP contribution < -0.4 is 0 Å². The van der Waals surface area contributed by atoms with E-state index in [4.69, 9.17) is 18.3 Å². The molecule has 1 saturated heterocycles. The first-order valence-corrected chi connectivity index (χ1v) is 11.7. The lowest BCUT2D eigenvalue weighted by Crippen LogP contribution is -2.38. The SMILES string of the molecule is CCO[Si](C)(CCCCCCCCCOCC1CO1)OCC. The largest absolute Gasteiger partial charge is 0.395 e. The number of epoxide rings is 1. The van der Waals surface area contributed by atoms with Crippen molar-refractivity contribution in [3.8, 4) is 0 Å². The molecule has 0 aromatic rings. The van der Waals surface area contributed by atoms with E-state index in [1.54, 1.807) is 0 Å². The Morgan fingerprint density at radius 1 is 0.909 bits per heavy atom. The van der Waals surface area contributed by atoms with E-state index in [0.29, 0.717) is 6.10 Å². The van der Waals surface area contributed by atoms with Crippen LogP contribution in [0.4, 0.5) is 0 Å². The number of hydrogen-bond donors (Lipinski definition) is 0. The van der Waals surface area contributed by atoms with Gasteiger partial charge in [-0.25, -0.2) is 0 Å². The Morgan fingerprint density at radius 2 is 1.45 bits per heavy atom. The van der Waals surface area contributed by atoms with E-state index in [1.807, 2.05) is 0 Å². The molecule has 1 aliphatic heterocycles. The molecule has 0 N–H and O–H groups in total. The van der Waals surface area contributed by atoms with Gasteiger partial charge in [0, 0.05) is 19.8 Å². The highest BCUT2D eigenvalue weighted by molar-refractivity contribution is 6.66. The van der Waals surface area contributed by atoms with Gasteiger partial charge in [0.1, 0.15) is 6.10 Å². The van der Waals surface area contributed by atoms with Crippen LogP contribution in [0.2, 0.25) is 12.6 Å². The van der Waals surface area contributed by atoms with Crippen LogP contribution in [0.25, 0.3) is 0 Å². The van der Waals surface area contributed by atoms with Gasteiger partial charge >= 0.3 is 8.56 Å². The van der Waals surface area contributed by atoms with Gasteiger partial charge in [0.25, 0.3) is 0 Å². The fourth-order valence-electron chi connectivity index (χ4n) is 2.71. The van der Waals surface area contributed by atoms with E-state index in [-0.39, 0.29) is 0 Å². The molecular formula is C17H36O4Si. The molecule has 22 heavy (non-hydrogen) atoms. The van der Waals surface area contributed by atoms with Gasteiger partial charge < -0.3 is 18.3 Å². The Morgan fingerprint density at radius 3 is 2.00 bits per heavy atom. The molecule has 0 spiro atoms. The van der Waals surface area contributed by atoms with Crippen molar-refractivity contribution >= 4 is 8.56 Å². The fourth-order valence-corrected chi connectivity index (χ4v) is 5.20. The molecule has 0 aliphatic carbocycles. The fraction of sp³-hybridized carbons (Fsp3) is 1.00. The van der Waals surface area contributed by atoms with Crippen molar-refractivity contribution in [1.82, 2.24) is 0 Å². The third-order valence-electron chi connectivity index (χ3n) is 4.03. The molecule has 4 nitrogen and oxygen atoms in total. The van der Waals surface area contributed by atoms with Crippen LogP contribution in [-0.2, 0) is 18.3 Å². The maximum absolute atomic E-state index is 5.87. The van der Waals surface area contributed by atoms with E-state index in [1.165, 1.54) is 44.9 Å². The second-order valence-electron chi connectivity index (χ2n) is 6.25. The van der Waals surface area contributed by atoms with Crippen molar-refractivity contribution in [2.75, 3.05) is 33.0 Å². The van der Waals surface area contributed by atoms with Gasteiger partial charge in [0.15, 0.2) is 0 Å². The molecule has 1 atom stereocenters. The molecule has 0 radical (unpaired) electrons. The summed E-state index contributed by atoms with van der Waals surface area (Å²) in [6.45, 7) is 10.5. The second-order valence-corrected chi connectivity index (χ2v) is 9.60. The average molecular weight is 333 g/mol. The Labute approximate surface area is 138 Å². The lowest BCUT2D eigenvalue weighted by Gasteiger charge is -2.25. The molecule has 1 fully saturated rings. The molecule has 1 heterocycles. The first-order chi connectivity index (χ1) is 10.7. The normalized spacial score (nSPS) is 17.9. The summed E-state index contributed by atoms with van der Waals surface area (Å²) in [4.78, 5) is 0. The molecule has 1 unspecified atom stereocenters. The van der Waals surface area contributed by atoms with Crippen LogP contribution in [0.1, 0.15) is 58.8 Å². The average Bonchev–Trinajstić information content (AvgIpc) is 3.29. The van der Waals surface area contributed by atoms with Gasteiger partial charge in [-0.15, -0.1) is 0 Å². The van der Waals surface area contributed by atoms with Crippen molar-refractivity contribution in [3.63, 3.8) is 0 Å². The van der Waals surface area contributed by atoms with Crippen molar-refractivity contribution in [2.24, 2.45) is 0 Å². The summed E-state index contributed by atoms with van der Waals surface area (Å²) in [5.74, 6) is 0. The summed E-state index contributed by atoms with van der Waals surface area (Å²) >= 11 is 0. The number of hydrogen-bond acceptors (Lipinski definition) is 4. The minimum atomic E-state index is -1.87. The minimum absolute atomic E-state index is 0.405. The van der Waals surface area contributed by atoms with Gasteiger partial charge in [-0.05, 0) is 32.9 Å². The van der Waals surface area contributed by atoms with Gasteiger partial charge in [-0.1, -0.05) is 38.5 Å². The summed E-state index contributed by atoms with van der Waals surface area (Å²) in [7, 11) is -1.87. The van der Waals surface area contributed by atoms with E-state index < -0.39 is 8.56 Å². The van der Waals surface area contributed by atoms with E-state index in [0.717, 1.165) is 39.1 Å². The summed E-state index contributed by atoms with van der Waals surface area (Å²) < 4.78 is 22.4. The van der Waals surface area contributed by atoms with Gasteiger partial charge in [0.2, 0.25) is 0 Å². The molecule has 5 heteroatoms. The zero-order valence-corrected chi connectivity index (χ0v) is 15.9. The maximum atomic E-state index is 5.87. The quantitative estimate of drug-likeness (QED) is 0.240. The minimum Gasteiger partial charge on any atom is -0.395 e. The molecule has 132 valence electrons. The van der Waals surface area contributed by atoms with Crippen molar-refractivity contribution in [1.29, 1.82) is 0 Å². The van der Waals surface area contributed by atoms with Crippen LogP contribution in [-0.4, -0.2) is 47.7 Å². The summed E-state index contributed by atoms with van der Waals surface area (Å²) in [6, 6.07) is 1.13. The lowest BCUT2D eigenvalue weighted by atomic mass is 10.1. The van der Waals surface area contributed by atoms with Gasteiger partial charge in [0.05, 0.1) is 13.2 Å². The van der Waals surface area contributed by atoms with E-state index >= 15 is 0 Å². The molecule has 1 rings (SSSR count). The summed E-state index contributed by atoms with van der Waals surface area (Å²) in [6.07, 6.45) is 9.43. The van der Waals surface area contributed by atoms with Crippen LogP contribution >= 0.6 is 0 Å². The van der Waals surface area contributed by atoms with Crippen molar-refractivity contribution < 1.29 is 18.3 Å². The molecule has 0 aromatic heterocycles. The highest BCUT2D eigenvalue weighted by Crippen LogP contribution is 2.19. The second kappa shape index (κ2) is 12.5. The third-order valence-corrected chi connectivity index (χ3v) is 7.09. The predicted octanol–water partition coefficient (Wildman–Crippen LogP) is 4.28. The highest BCUT2D eigenvalue weighted by atomic mass is 28.4. The zero-order chi connectivity index (χ0) is 16.1. The Bertz CT molecular complexity index is 253. The number of rotatable bonds is 16. The van der Waals surface area contributed by atoms with Crippen LogP contribution in [0, 0.1) is 0 Å². The monoisotopic (exact) mass is 332 g/mol. The number of unbranched alkanes of at least 4 members (excludes halogenated alkanes) is 6. The molecule has 0 bridgehead atoms. The van der Waals surface area contributed by atoms with Gasteiger partial charge in [-0.2, -0.15) is 0 Å². The van der Waals surface area contributed by atoms with Crippen molar-refractivity contribution in [3.05, 3.63) is 0 Å². The third kappa shape index (κ3) is 10.7. The van der Waals surface area contributed by atoms with Crippen LogP contribution in [0.3, 0.4) is 0 Å². The first kappa shape index (κ1) is 20.1. The molecule has 1 aliphatic rings. The van der Waals surface area contributed by atoms with Crippen LogP contribution in [0.15, 0.2) is 0 Å².